The van der Waals surface area contributed by atoms with Crippen molar-refractivity contribution in [1.82, 2.24) is 4.41 Å². The number of anilines is 1. The SMILES string of the molecule is O=C(CN1N=C(c2ccccc2)c2ccccc2S1(=O)=O)Nc1cccc(Cl)c1. The van der Waals surface area contributed by atoms with Crippen molar-refractivity contribution in [2.45, 2.75) is 4.90 Å². The number of carbonyl (C=O) groups is 1. The summed E-state index contributed by atoms with van der Waals surface area (Å²) in [6.07, 6.45) is 0. The van der Waals surface area contributed by atoms with E-state index in [1.54, 1.807) is 42.5 Å². The van der Waals surface area contributed by atoms with Gasteiger partial charge in [-0.3, -0.25) is 4.79 Å². The summed E-state index contributed by atoms with van der Waals surface area (Å²) in [6, 6.07) is 22.5. The highest BCUT2D eigenvalue weighted by atomic mass is 35.5. The monoisotopic (exact) mass is 425 g/mol. The molecule has 8 heteroatoms. The molecular weight excluding hydrogens is 410 g/mol. The lowest BCUT2D eigenvalue weighted by atomic mass is 10.0. The summed E-state index contributed by atoms with van der Waals surface area (Å²) < 4.78 is 26.9. The van der Waals surface area contributed by atoms with Crippen molar-refractivity contribution < 1.29 is 13.2 Å². The summed E-state index contributed by atoms with van der Waals surface area (Å²) in [5, 5.41) is 7.43. The predicted octanol–water partition coefficient (Wildman–Crippen LogP) is 3.74. The van der Waals surface area contributed by atoms with Crippen molar-refractivity contribution in [1.29, 1.82) is 0 Å². The molecule has 0 radical (unpaired) electrons. The van der Waals surface area contributed by atoms with Gasteiger partial charge in [-0.15, -0.1) is 0 Å². The Morgan fingerprint density at radius 2 is 1.69 bits per heavy atom. The van der Waals surface area contributed by atoms with Gasteiger partial charge in [0.1, 0.15) is 12.3 Å². The number of benzene rings is 3. The van der Waals surface area contributed by atoms with Crippen LogP contribution < -0.4 is 5.32 Å². The van der Waals surface area contributed by atoms with E-state index in [0.717, 1.165) is 9.98 Å². The molecule has 0 saturated heterocycles. The molecule has 0 unspecified atom stereocenters. The molecule has 3 aromatic carbocycles. The molecular formula is C21H16ClN3O3S. The quantitative estimate of drug-likeness (QED) is 0.691. The Balaban J connectivity index is 1.70. The molecule has 0 atom stereocenters. The fourth-order valence-electron chi connectivity index (χ4n) is 3.04. The molecule has 3 aromatic rings. The smallest absolute Gasteiger partial charge is 0.280 e. The van der Waals surface area contributed by atoms with Crippen LogP contribution in [-0.2, 0) is 14.8 Å². The fraction of sp³-hybridized carbons (Fsp3) is 0.0476. The molecule has 1 aliphatic rings. The molecule has 1 amide bonds. The van der Waals surface area contributed by atoms with Crippen molar-refractivity contribution in [2.75, 3.05) is 11.9 Å². The molecule has 0 aliphatic carbocycles. The number of sulfonamides is 1. The lowest BCUT2D eigenvalue weighted by Crippen LogP contribution is -2.38. The van der Waals surface area contributed by atoms with Crippen LogP contribution in [0.25, 0.3) is 0 Å². The van der Waals surface area contributed by atoms with Crippen LogP contribution in [0.1, 0.15) is 11.1 Å². The van der Waals surface area contributed by atoms with Gasteiger partial charge in [0.2, 0.25) is 5.91 Å². The second-order valence-corrected chi connectivity index (χ2v) is 8.60. The maximum Gasteiger partial charge on any atom is 0.280 e. The minimum absolute atomic E-state index is 0.115. The Bertz CT molecular complexity index is 1210. The molecule has 6 nitrogen and oxygen atoms in total. The van der Waals surface area contributed by atoms with Crippen molar-refractivity contribution >= 4 is 38.9 Å². The third-order valence-electron chi connectivity index (χ3n) is 4.34. The number of hydrogen-bond acceptors (Lipinski definition) is 4. The number of nitrogens with one attached hydrogen (secondary N) is 1. The minimum Gasteiger partial charge on any atom is -0.324 e. The molecule has 0 fully saturated rings. The van der Waals surface area contributed by atoms with Crippen LogP contribution in [0.2, 0.25) is 5.02 Å². The summed E-state index contributed by atoms with van der Waals surface area (Å²) >= 11 is 5.93. The van der Waals surface area contributed by atoms with E-state index in [1.807, 2.05) is 30.3 Å². The lowest BCUT2D eigenvalue weighted by Gasteiger charge is -2.26. The zero-order chi connectivity index (χ0) is 20.4. The maximum atomic E-state index is 13.0. The van der Waals surface area contributed by atoms with Crippen LogP contribution in [0.15, 0.2) is 88.9 Å². The fourth-order valence-corrected chi connectivity index (χ4v) is 4.63. The summed E-state index contributed by atoms with van der Waals surface area (Å²) in [5.41, 5.74) is 2.23. The van der Waals surface area contributed by atoms with Gasteiger partial charge in [-0.2, -0.15) is 17.9 Å². The zero-order valence-corrected chi connectivity index (χ0v) is 16.7. The first-order valence-corrected chi connectivity index (χ1v) is 10.6. The molecule has 0 spiro atoms. The van der Waals surface area contributed by atoms with Gasteiger partial charge in [0.15, 0.2) is 0 Å². The molecule has 0 saturated carbocycles. The highest BCUT2D eigenvalue weighted by Crippen LogP contribution is 2.28. The Morgan fingerprint density at radius 1 is 0.966 bits per heavy atom. The zero-order valence-electron chi connectivity index (χ0n) is 15.1. The lowest BCUT2D eigenvalue weighted by molar-refractivity contribution is -0.116. The molecule has 146 valence electrons. The summed E-state index contributed by atoms with van der Waals surface area (Å²) in [6.45, 7) is -0.459. The van der Waals surface area contributed by atoms with E-state index >= 15 is 0 Å². The number of hydrogen-bond donors (Lipinski definition) is 1. The Labute approximate surface area is 173 Å². The van der Waals surface area contributed by atoms with Crippen LogP contribution in [-0.4, -0.2) is 31.0 Å². The van der Waals surface area contributed by atoms with Crippen LogP contribution in [0, 0.1) is 0 Å². The predicted molar refractivity (Wildman–Crippen MR) is 112 cm³/mol. The highest BCUT2D eigenvalue weighted by molar-refractivity contribution is 7.89. The van der Waals surface area contributed by atoms with E-state index in [2.05, 4.69) is 10.4 Å². The van der Waals surface area contributed by atoms with E-state index in [9.17, 15) is 13.2 Å². The number of rotatable bonds is 4. The van der Waals surface area contributed by atoms with E-state index in [4.69, 9.17) is 11.6 Å². The Hall–Kier alpha value is -3.16. The third-order valence-corrected chi connectivity index (χ3v) is 6.26. The number of fused-ring (bicyclic) bond motifs is 1. The third kappa shape index (κ3) is 3.87. The van der Waals surface area contributed by atoms with Crippen LogP contribution in [0.3, 0.4) is 0 Å². The summed E-state index contributed by atoms with van der Waals surface area (Å²) in [4.78, 5) is 12.6. The van der Waals surface area contributed by atoms with Gasteiger partial charge < -0.3 is 5.32 Å². The van der Waals surface area contributed by atoms with Gasteiger partial charge in [0, 0.05) is 21.8 Å². The highest BCUT2D eigenvalue weighted by Gasteiger charge is 2.34. The number of amides is 1. The number of hydrazone groups is 1. The molecule has 1 aliphatic heterocycles. The molecule has 1 N–H and O–H groups in total. The van der Waals surface area contributed by atoms with Crippen molar-refractivity contribution in [3.8, 4) is 0 Å². The number of carbonyl (C=O) groups excluding carboxylic acids is 1. The summed E-state index contributed by atoms with van der Waals surface area (Å²) in [7, 11) is -3.96. The first-order chi connectivity index (χ1) is 13.9. The molecule has 0 aromatic heterocycles. The number of nitrogens with zero attached hydrogens (tertiary/aromatic N) is 2. The number of halogens is 1. The molecule has 29 heavy (non-hydrogen) atoms. The Kier molecular flexibility index (Phi) is 5.08. The van der Waals surface area contributed by atoms with E-state index in [0.29, 0.717) is 22.0 Å². The second-order valence-electron chi connectivity index (χ2n) is 6.35. The Morgan fingerprint density at radius 3 is 2.45 bits per heavy atom. The average Bonchev–Trinajstić information content (AvgIpc) is 2.71. The maximum absolute atomic E-state index is 13.0. The van der Waals surface area contributed by atoms with E-state index in [-0.39, 0.29) is 4.90 Å². The van der Waals surface area contributed by atoms with Gasteiger partial charge in [0.25, 0.3) is 10.0 Å². The molecule has 1 heterocycles. The van der Waals surface area contributed by atoms with Crippen LogP contribution >= 0.6 is 11.6 Å². The minimum atomic E-state index is -3.96. The van der Waals surface area contributed by atoms with Gasteiger partial charge in [-0.25, -0.2) is 0 Å². The van der Waals surface area contributed by atoms with Crippen molar-refractivity contribution in [3.05, 3.63) is 95.0 Å². The van der Waals surface area contributed by atoms with Gasteiger partial charge >= 0.3 is 0 Å². The van der Waals surface area contributed by atoms with E-state index < -0.39 is 22.5 Å². The standard InChI is InChI=1S/C21H16ClN3O3S/c22-16-9-6-10-17(13-16)23-20(26)14-25-24-21(15-7-2-1-3-8-15)18-11-4-5-12-19(18)29(25,27)28/h1-13H,14H2,(H,23,26). The molecule has 4 rings (SSSR count). The second kappa shape index (κ2) is 7.69. The normalized spacial score (nSPS) is 14.7. The largest absolute Gasteiger partial charge is 0.324 e. The average molecular weight is 426 g/mol. The summed E-state index contributed by atoms with van der Waals surface area (Å²) in [5.74, 6) is -0.522. The first-order valence-electron chi connectivity index (χ1n) is 8.77. The topological polar surface area (TPSA) is 78.8 Å². The van der Waals surface area contributed by atoms with E-state index in [1.165, 1.54) is 6.07 Å². The first kappa shape index (κ1) is 19.2. The van der Waals surface area contributed by atoms with Crippen LogP contribution in [0.4, 0.5) is 5.69 Å². The van der Waals surface area contributed by atoms with Gasteiger partial charge in [0.05, 0.1) is 4.90 Å². The van der Waals surface area contributed by atoms with Gasteiger partial charge in [-0.1, -0.05) is 66.2 Å². The van der Waals surface area contributed by atoms with Crippen molar-refractivity contribution in [2.24, 2.45) is 5.10 Å². The van der Waals surface area contributed by atoms with Crippen LogP contribution in [0.5, 0.6) is 0 Å². The van der Waals surface area contributed by atoms with Gasteiger partial charge in [-0.05, 0) is 24.3 Å². The molecule has 0 bridgehead atoms. The van der Waals surface area contributed by atoms with Crippen molar-refractivity contribution in [3.63, 3.8) is 0 Å².